The highest BCUT2D eigenvalue weighted by molar-refractivity contribution is 5.80. The van der Waals surface area contributed by atoms with Crippen molar-refractivity contribution < 1.29 is 9.90 Å². The molecule has 0 saturated carbocycles. The van der Waals surface area contributed by atoms with Crippen LogP contribution < -0.4 is 5.32 Å². The average Bonchev–Trinajstić information content (AvgIpc) is 2.61. The zero-order valence-electron chi connectivity index (χ0n) is 13.8. The number of phenolic OH excluding ortho intramolecular Hbond substituents is 1. The van der Waals surface area contributed by atoms with Crippen molar-refractivity contribution in [1.29, 1.82) is 0 Å². The van der Waals surface area contributed by atoms with Gasteiger partial charge in [-0.1, -0.05) is 30.3 Å². The average molecular weight is 321 g/mol. The van der Waals surface area contributed by atoms with Crippen LogP contribution in [0.25, 0.3) is 0 Å². The normalized spacial score (nSPS) is 22.3. The van der Waals surface area contributed by atoms with Crippen LogP contribution in [0.3, 0.4) is 0 Å². The Morgan fingerprint density at radius 1 is 1.00 bits per heavy atom. The van der Waals surface area contributed by atoms with Gasteiger partial charge in [0.05, 0.1) is 6.04 Å². The second-order valence-electron chi connectivity index (χ2n) is 7.04. The molecule has 2 N–H and O–H groups in total. The molecule has 3 heteroatoms. The van der Waals surface area contributed by atoms with E-state index in [9.17, 15) is 9.90 Å². The highest BCUT2D eigenvalue weighted by atomic mass is 16.3. The molecule has 2 aliphatic rings. The van der Waals surface area contributed by atoms with E-state index in [1.807, 2.05) is 12.1 Å². The minimum absolute atomic E-state index is 0.0381. The van der Waals surface area contributed by atoms with Gasteiger partial charge in [-0.15, -0.1) is 0 Å². The first-order chi connectivity index (χ1) is 11.7. The summed E-state index contributed by atoms with van der Waals surface area (Å²) in [4.78, 5) is 12.8. The molecule has 0 spiro atoms. The number of aryl methyl sites for hydroxylation is 2. The molecule has 0 unspecified atom stereocenters. The molecule has 4 rings (SSSR count). The molecule has 0 aromatic heterocycles. The molecule has 124 valence electrons. The SMILES string of the molecule is O=C(N[C@@H]1CCCc2ccccc21)[C@H]1CCc2cc(O)ccc2C1. The van der Waals surface area contributed by atoms with Crippen LogP contribution in [-0.4, -0.2) is 11.0 Å². The molecule has 2 atom stereocenters. The molecular weight excluding hydrogens is 298 g/mol. The van der Waals surface area contributed by atoms with Crippen molar-refractivity contribution in [3.8, 4) is 5.75 Å². The fourth-order valence-corrected chi connectivity index (χ4v) is 4.16. The molecule has 0 aliphatic heterocycles. The number of fused-ring (bicyclic) bond motifs is 2. The van der Waals surface area contributed by atoms with Crippen LogP contribution in [0.5, 0.6) is 5.75 Å². The molecular formula is C21H23NO2. The Morgan fingerprint density at radius 3 is 2.79 bits per heavy atom. The summed E-state index contributed by atoms with van der Waals surface area (Å²) < 4.78 is 0. The molecule has 0 fully saturated rings. The number of benzene rings is 2. The first-order valence-corrected chi connectivity index (χ1v) is 8.89. The number of aromatic hydroxyl groups is 1. The number of phenols is 1. The van der Waals surface area contributed by atoms with Crippen LogP contribution in [0.2, 0.25) is 0 Å². The van der Waals surface area contributed by atoms with Gasteiger partial charge in [0.25, 0.3) is 0 Å². The van der Waals surface area contributed by atoms with E-state index in [0.29, 0.717) is 5.75 Å². The van der Waals surface area contributed by atoms with Gasteiger partial charge < -0.3 is 10.4 Å². The number of carbonyl (C=O) groups is 1. The zero-order valence-corrected chi connectivity index (χ0v) is 13.8. The van der Waals surface area contributed by atoms with Gasteiger partial charge >= 0.3 is 0 Å². The van der Waals surface area contributed by atoms with Crippen molar-refractivity contribution in [2.24, 2.45) is 5.92 Å². The maximum Gasteiger partial charge on any atom is 0.223 e. The van der Waals surface area contributed by atoms with Gasteiger partial charge in [-0.05, 0) is 72.9 Å². The molecule has 3 nitrogen and oxygen atoms in total. The van der Waals surface area contributed by atoms with Gasteiger partial charge in [-0.25, -0.2) is 0 Å². The Labute approximate surface area is 142 Å². The summed E-state index contributed by atoms with van der Waals surface area (Å²) >= 11 is 0. The predicted molar refractivity (Wildman–Crippen MR) is 93.9 cm³/mol. The summed E-state index contributed by atoms with van der Waals surface area (Å²) in [6.45, 7) is 0. The van der Waals surface area contributed by atoms with Crippen LogP contribution in [0.15, 0.2) is 42.5 Å². The van der Waals surface area contributed by atoms with E-state index in [1.165, 1.54) is 22.3 Å². The smallest absolute Gasteiger partial charge is 0.223 e. The van der Waals surface area contributed by atoms with Crippen LogP contribution in [-0.2, 0) is 24.1 Å². The number of hydrogen-bond donors (Lipinski definition) is 2. The van der Waals surface area contributed by atoms with Crippen molar-refractivity contribution in [1.82, 2.24) is 5.32 Å². The van der Waals surface area contributed by atoms with Crippen molar-refractivity contribution in [2.45, 2.75) is 44.6 Å². The Bertz CT molecular complexity index is 768. The predicted octanol–water partition coefficient (Wildman–Crippen LogP) is 3.69. The van der Waals surface area contributed by atoms with E-state index in [0.717, 1.165) is 38.5 Å². The fourth-order valence-electron chi connectivity index (χ4n) is 4.16. The van der Waals surface area contributed by atoms with Gasteiger partial charge in [-0.2, -0.15) is 0 Å². The van der Waals surface area contributed by atoms with Crippen LogP contribution in [0.4, 0.5) is 0 Å². The molecule has 0 bridgehead atoms. The molecule has 0 saturated heterocycles. The lowest BCUT2D eigenvalue weighted by Gasteiger charge is -2.30. The lowest BCUT2D eigenvalue weighted by molar-refractivity contribution is -0.126. The molecule has 2 aromatic carbocycles. The second kappa shape index (κ2) is 6.31. The van der Waals surface area contributed by atoms with Gasteiger partial charge in [0.15, 0.2) is 0 Å². The second-order valence-corrected chi connectivity index (χ2v) is 7.04. The standard InChI is InChI=1S/C21H23NO2/c23-18-11-10-15-12-17(9-8-16(15)13-18)21(24)22-20-7-3-5-14-4-1-2-6-19(14)20/h1-2,4,6,10-11,13,17,20,23H,3,5,7-9,12H2,(H,22,24)/t17-,20+/m0/s1. The third-order valence-corrected chi connectivity index (χ3v) is 5.48. The minimum Gasteiger partial charge on any atom is -0.508 e. The van der Waals surface area contributed by atoms with E-state index in [4.69, 9.17) is 0 Å². The summed E-state index contributed by atoms with van der Waals surface area (Å²) in [6, 6.07) is 14.1. The van der Waals surface area contributed by atoms with E-state index in [2.05, 4.69) is 29.6 Å². The number of amides is 1. The molecule has 24 heavy (non-hydrogen) atoms. The topological polar surface area (TPSA) is 49.3 Å². The number of rotatable bonds is 2. The van der Waals surface area contributed by atoms with E-state index in [-0.39, 0.29) is 17.9 Å². The van der Waals surface area contributed by atoms with E-state index < -0.39 is 0 Å². The monoisotopic (exact) mass is 321 g/mol. The van der Waals surface area contributed by atoms with Crippen molar-refractivity contribution in [3.63, 3.8) is 0 Å². The summed E-state index contributed by atoms with van der Waals surface area (Å²) in [5, 5.41) is 12.9. The van der Waals surface area contributed by atoms with E-state index >= 15 is 0 Å². The summed E-state index contributed by atoms with van der Waals surface area (Å²) in [7, 11) is 0. The van der Waals surface area contributed by atoms with Crippen LogP contribution in [0, 0.1) is 5.92 Å². The largest absolute Gasteiger partial charge is 0.508 e. The third-order valence-electron chi connectivity index (χ3n) is 5.48. The van der Waals surface area contributed by atoms with Gasteiger partial charge in [0.2, 0.25) is 5.91 Å². The third kappa shape index (κ3) is 2.91. The molecule has 0 radical (unpaired) electrons. The number of carbonyl (C=O) groups excluding carboxylic acids is 1. The first kappa shape index (κ1) is 15.3. The molecule has 0 heterocycles. The molecule has 2 aromatic rings. The van der Waals surface area contributed by atoms with Gasteiger partial charge in [0.1, 0.15) is 5.75 Å². The molecule has 1 amide bonds. The number of hydrogen-bond acceptors (Lipinski definition) is 2. The zero-order chi connectivity index (χ0) is 16.5. The fraction of sp³-hybridized carbons (Fsp3) is 0.381. The Hall–Kier alpha value is -2.29. The summed E-state index contributed by atoms with van der Waals surface area (Å²) in [5.74, 6) is 0.530. The number of nitrogens with one attached hydrogen (secondary N) is 1. The van der Waals surface area contributed by atoms with Gasteiger partial charge in [-0.3, -0.25) is 4.79 Å². The lowest BCUT2D eigenvalue weighted by atomic mass is 9.82. The lowest BCUT2D eigenvalue weighted by Crippen LogP contribution is -2.37. The van der Waals surface area contributed by atoms with Gasteiger partial charge in [0, 0.05) is 5.92 Å². The summed E-state index contributed by atoms with van der Waals surface area (Å²) in [5.41, 5.74) is 5.04. The first-order valence-electron chi connectivity index (χ1n) is 8.89. The van der Waals surface area contributed by atoms with Crippen molar-refractivity contribution in [2.75, 3.05) is 0 Å². The van der Waals surface area contributed by atoms with Crippen LogP contribution in [0.1, 0.15) is 47.6 Å². The van der Waals surface area contributed by atoms with E-state index in [1.54, 1.807) is 6.07 Å². The minimum atomic E-state index is 0.0381. The Morgan fingerprint density at radius 2 is 1.88 bits per heavy atom. The highest BCUT2D eigenvalue weighted by Crippen LogP contribution is 2.32. The highest BCUT2D eigenvalue weighted by Gasteiger charge is 2.28. The van der Waals surface area contributed by atoms with Crippen molar-refractivity contribution >= 4 is 5.91 Å². The Kier molecular flexibility index (Phi) is 4.01. The van der Waals surface area contributed by atoms with Crippen molar-refractivity contribution in [3.05, 3.63) is 64.7 Å². The maximum atomic E-state index is 12.8. The maximum absolute atomic E-state index is 12.8. The molecule has 2 aliphatic carbocycles. The Balaban J connectivity index is 1.47. The van der Waals surface area contributed by atoms with Crippen LogP contribution >= 0.6 is 0 Å². The quantitative estimate of drug-likeness (QED) is 0.886. The summed E-state index contributed by atoms with van der Waals surface area (Å²) in [6.07, 6.45) is 5.77.